The van der Waals surface area contributed by atoms with Gasteiger partial charge in [0.15, 0.2) is 0 Å². The second-order valence-electron chi connectivity index (χ2n) is 8.81. The quantitative estimate of drug-likeness (QED) is 0.433. The van der Waals surface area contributed by atoms with E-state index in [1.807, 2.05) is 37.4 Å². The number of nitrogens with zero attached hydrogens (tertiary/aromatic N) is 5. The summed E-state index contributed by atoms with van der Waals surface area (Å²) in [5.74, 6) is 2.64. The van der Waals surface area contributed by atoms with Crippen molar-refractivity contribution in [2.45, 2.75) is 51.5 Å². The maximum atomic E-state index is 13.6. The first-order chi connectivity index (χ1) is 16.5. The van der Waals surface area contributed by atoms with E-state index in [0.29, 0.717) is 42.9 Å². The van der Waals surface area contributed by atoms with E-state index in [4.69, 9.17) is 5.26 Å². The van der Waals surface area contributed by atoms with Gasteiger partial charge in [0.2, 0.25) is 0 Å². The summed E-state index contributed by atoms with van der Waals surface area (Å²) in [5.41, 5.74) is 1.78. The highest BCUT2D eigenvalue weighted by atomic mass is 32.2. The van der Waals surface area contributed by atoms with Crippen molar-refractivity contribution < 1.29 is 4.21 Å². The summed E-state index contributed by atoms with van der Waals surface area (Å²) >= 11 is 0. The molecule has 1 unspecified atom stereocenters. The molecule has 1 fully saturated rings. The molecule has 2 aromatic heterocycles. The molecule has 34 heavy (non-hydrogen) atoms. The second-order valence-corrected chi connectivity index (χ2v) is 11.4. The number of rotatable bonds is 11. The molecule has 0 amide bonds. The highest BCUT2D eigenvalue weighted by Crippen LogP contribution is 2.32. The number of aromatic amines is 1. The van der Waals surface area contributed by atoms with Gasteiger partial charge in [-0.3, -0.25) is 0 Å². The fourth-order valence-corrected chi connectivity index (χ4v) is 7.16. The van der Waals surface area contributed by atoms with Gasteiger partial charge in [-0.2, -0.15) is 5.26 Å². The van der Waals surface area contributed by atoms with Gasteiger partial charge >= 0.3 is 0 Å². The molecule has 3 rings (SSSR count). The van der Waals surface area contributed by atoms with Gasteiger partial charge in [0.05, 0.1) is 17.9 Å². The van der Waals surface area contributed by atoms with Crippen molar-refractivity contribution in [2.75, 3.05) is 30.0 Å². The zero-order valence-electron chi connectivity index (χ0n) is 20.3. The molecule has 0 aromatic carbocycles. The normalized spacial score (nSPS) is 20.7. The van der Waals surface area contributed by atoms with Crippen molar-refractivity contribution in [2.24, 2.45) is 10.3 Å². The fourth-order valence-electron chi connectivity index (χ4n) is 4.72. The number of nitriles is 1. The van der Waals surface area contributed by atoms with Crippen molar-refractivity contribution in [3.8, 4) is 6.07 Å². The average Bonchev–Trinajstić information content (AvgIpc) is 3.31. The minimum Gasteiger partial charge on any atom is -0.356 e. The SMILES string of the molecule is C=C/C=C(\C=C/CCS(=O)(CC1CCC(N(C)c2ncnc3[nH]ccc23)CC1)=NCC)CC#N. The highest BCUT2D eigenvalue weighted by molar-refractivity contribution is 7.93. The summed E-state index contributed by atoms with van der Waals surface area (Å²) in [7, 11) is -0.128. The van der Waals surface area contributed by atoms with Crippen LogP contribution in [0.5, 0.6) is 0 Å². The maximum Gasteiger partial charge on any atom is 0.142 e. The van der Waals surface area contributed by atoms with Gasteiger partial charge in [0.1, 0.15) is 17.8 Å². The van der Waals surface area contributed by atoms with Crippen molar-refractivity contribution in [3.63, 3.8) is 0 Å². The number of H-pyrrole nitrogens is 1. The summed E-state index contributed by atoms with van der Waals surface area (Å²) < 4.78 is 18.1. The molecular weight excluding hydrogens is 444 g/mol. The molecule has 182 valence electrons. The molecule has 7 nitrogen and oxygen atoms in total. The lowest BCUT2D eigenvalue weighted by Crippen LogP contribution is -2.37. The third-order valence-electron chi connectivity index (χ3n) is 6.44. The van der Waals surface area contributed by atoms with Gasteiger partial charge in [-0.05, 0) is 56.6 Å². The Bertz CT molecular complexity index is 1170. The van der Waals surface area contributed by atoms with Crippen LogP contribution in [0.4, 0.5) is 5.82 Å². The summed E-state index contributed by atoms with van der Waals surface area (Å²) in [4.78, 5) is 14.3. The Labute approximate surface area is 203 Å². The van der Waals surface area contributed by atoms with Crippen molar-refractivity contribution in [3.05, 3.63) is 55.0 Å². The standard InChI is InChI=1S/C26H36N6OS/c1-4-8-21(14-16-27)9-6-7-18-34(33,31-5-2)19-22-10-12-23(13-11-22)32(3)26-24-15-17-28-25(24)29-20-30-26/h4,6,8-9,15,17,20,22-23H,1,5,7,10-14,18-19H2,2-3H3,(H,28,29,30)/b9-6-,21-8+. The third-order valence-corrected chi connectivity index (χ3v) is 9.04. The lowest BCUT2D eigenvalue weighted by molar-refractivity contribution is 0.342. The van der Waals surface area contributed by atoms with Crippen LogP contribution in [0.3, 0.4) is 0 Å². The monoisotopic (exact) mass is 480 g/mol. The number of anilines is 1. The number of allylic oxidation sites excluding steroid dienone is 5. The van der Waals surface area contributed by atoms with Gasteiger partial charge in [0, 0.05) is 47.1 Å². The molecule has 0 bridgehead atoms. The largest absolute Gasteiger partial charge is 0.356 e. The van der Waals surface area contributed by atoms with Gasteiger partial charge in [-0.15, -0.1) is 0 Å². The summed E-state index contributed by atoms with van der Waals surface area (Å²) in [6.07, 6.45) is 16.2. The van der Waals surface area contributed by atoms with E-state index in [2.05, 4.69) is 43.9 Å². The molecule has 1 atom stereocenters. The molecule has 1 aliphatic carbocycles. The van der Waals surface area contributed by atoms with E-state index in [0.717, 1.165) is 48.1 Å². The van der Waals surface area contributed by atoms with E-state index in [1.165, 1.54) is 0 Å². The van der Waals surface area contributed by atoms with Crippen LogP contribution in [0.15, 0.2) is 59.4 Å². The second kappa shape index (κ2) is 12.5. The molecule has 0 radical (unpaired) electrons. The minimum atomic E-state index is -2.24. The topological polar surface area (TPSA) is 98.0 Å². The molecule has 1 aliphatic rings. The summed E-state index contributed by atoms with van der Waals surface area (Å²) in [6, 6.07) is 4.60. The van der Waals surface area contributed by atoms with Gasteiger partial charge in [0.25, 0.3) is 0 Å². The number of nitrogens with one attached hydrogen (secondary N) is 1. The van der Waals surface area contributed by atoms with Crippen LogP contribution >= 0.6 is 0 Å². The molecule has 0 saturated heterocycles. The molecule has 0 spiro atoms. The number of hydrogen-bond acceptors (Lipinski definition) is 6. The molecule has 1 saturated carbocycles. The Hall–Kier alpha value is -2.92. The van der Waals surface area contributed by atoms with Crippen LogP contribution in [0.2, 0.25) is 0 Å². The Balaban J connectivity index is 1.56. The fraction of sp³-hybridized carbons (Fsp3) is 0.500. The third kappa shape index (κ3) is 6.80. The van der Waals surface area contributed by atoms with E-state index in [1.54, 1.807) is 12.4 Å². The Kier molecular flexibility index (Phi) is 9.46. The number of aromatic nitrogens is 3. The molecule has 0 aliphatic heterocycles. The van der Waals surface area contributed by atoms with E-state index in [-0.39, 0.29) is 0 Å². The predicted molar refractivity (Wildman–Crippen MR) is 141 cm³/mol. The summed E-state index contributed by atoms with van der Waals surface area (Å²) in [5, 5.41) is 9.97. The van der Waals surface area contributed by atoms with E-state index in [9.17, 15) is 4.21 Å². The minimum absolute atomic E-state index is 0.347. The van der Waals surface area contributed by atoms with E-state index < -0.39 is 9.73 Å². The van der Waals surface area contributed by atoms with Crippen molar-refractivity contribution in [1.82, 2.24) is 15.0 Å². The lowest BCUT2D eigenvalue weighted by Gasteiger charge is -2.35. The highest BCUT2D eigenvalue weighted by Gasteiger charge is 2.28. The first-order valence-electron chi connectivity index (χ1n) is 12.0. The Morgan fingerprint density at radius 2 is 2.18 bits per heavy atom. The first kappa shape index (κ1) is 25.7. The number of hydrogen-bond donors (Lipinski definition) is 1. The van der Waals surface area contributed by atoms with Crippen LogP contribution in [0, 0.1) is 17.2 Å². The van der Waals surface area contributed by atoms with Gasteiger partial charge in [-0.1, -0.05) is 30.9 Å². The zero-order chi connectivity index (χ0) is 24.4. The molecule has 8 heteroatoms. The van der Waals surface area contributed by atoms with Crippen LogP contribution < -0.4 is 4.90 Å². The molecule has 2 heterocycles. The van der Waals surface area contributed by atoms with Crippen LogP contribution in [-0.4, -0.2) is 50.3 Å². The Morgan fingerprint density at radius 3 is 2.88 bits per heavy atom. The molecule has 1 N–H and O–H groups in total. The van der Waals surface area contributed by atoms with Crippen molar-refractivity contribution in [1.29, 1.82) is 5.26 Å². The van der Waals surface area contributed by atoms with Crippen LogP contribution in [0.25, 0.3) is 11.0 Å². The van der Waals surface area contributed by atoms with Crippen molar-refractivity contribution >= 4 is 26.6 Å². The maximum absolute atomic E-state index is 13.6. The first-order valence-corrected chi connectivity index (χ1v) is 13.9. The zero-order valence-corrected chi connectivity index (χ0v) is 21.1. The van der Waals surface area contributed by atoms with Crippen LogP contribution in [0.1, 0.15) is 45.4 Å². The average molecular weight is 481 g/mol. The smallest absolute Gasteiger partial charge is 0.142 e. The molecule has 2 aromatic rings. The van der Waals surface area contributed by atoms with E-state index >= 15 is 0 Å². The predicted octanol–water partition coefficient (Wildman–Crippen LogP) is 5.41. The molecular formula is C26H36N6OS. The lowest BCUT2D eigenvalue weighted by atomic mass is 9.86. The number of fused-ring (bicyclic) bond motifs is 1. The van der Waals surface area contributed by atoms with Crippen LogP contribution in [-0.2, 0) is 9.73 Å². The van der Waals surface area contributed by atoms with Gasteiger partial charge in [-0.25, -0.2) is 18.5 Å². The Morgan fingerprint density at radius 1 is 1.38 bits per heavy atom. The van der Waals surface area contributed by atoms with Gasteiger partial charge < -0.3 is 9.88 Å². The summed E-state index contributed by atoms with van der Waals surface area (Å²) in [6.45, 7) is 6.23.